The van der Waals surface area contributed by atoms with Gasteiger partial charge in [0, 0.05) is 30.6 Å². The molecule has 0 saturated carbocycles. The lowest BCUT2D eigenvalue weighted by Crippen LogP contribution is -2.52. The zero-order valence-electron chi connectivity index (χ0n) is 19.8. The minimum Gasteiger partial charge on any atom is -0.493 e. The van der Waals surface area contributed by atoms with E-state index in [2.05, 4.69) is 11.6 Å². The molecule has 0 saturated heterocycles. The molecule has 0 bridgehead atoms. The summed E-state index contributed by atoms with van der Waals surface area (Å²) >= 11 is 5.99. The van der Waals surface area contributed by atoms with Crippen LogP contribution in [0.2, 0.25) is 5.02 Å². The van der Waals surface area contributed by atoms with E-state index in [4.69, 9.17) is 16.3 Å². The van der Waals surface area contributed by atoms with Gasteiger partial charge in [0.1, 0.15) is 10.8 Å². The van der Waals surface area contributed by atoms with E-state index in [9.17, 15) is 23.1 Å². The molecule has 0 fully saturated rings. The molecule has 5 nitrogen and oxygen atoms in total. The fourth-order valence-electron chi connectivity index (χ4n) is 4.44. The molecule has 188 valence electrons. The van der Waals surface area contributed by atoms with Crippen molar-refractivity contribution in [3.05, 3.63) is 81.9 Å². The molecule has 1 aliphatic heterocycles. The van der Waals surface area contributed by atoms with Gasteiger partial charge in [-0.1, -0.05) is 49.7 Å². The molecule has 1 atom stereocenters. The second-order valence-corrected chi connectivity index (χ2v) is 9.62. The highest BCUT2D eigenvalue weighted by atomic mass is 35.5. The summed E-state index contributed by atoms with van der Waals surface area (Å²) in [6, 6.07) is 6.84. The average Bonchev–Trinajstić information content (AvgIpc) is 3.25. The average molecular weight is 509 g/mol. The second-order valence-electron chi connectivity index (χ2n) is 9.22. The number of halogens is 4. The lowest BCUT2D eigenvalue weighted by atomic mass is 9.74. The van der Waals surface area contributed by atoms with Crippen LogP contribution in [0.25, 0.3) is 10.9 Å². The first-order chi connectivity index (χ1) is 16.3. The maximum atomic E-state index is 14.3. The van der Waals surface area contributed by atoms with Gasteiger partial charge in [-0.25, -0.2) is 0 Å². The van der Waals surface area contributed by atoms with Gasteiger partial charge in [0.15, 0.2) is 5.60 Å². The lowest BCUT2D eigenvalue weighted by molar-refractivity contribution is -0.271. The van der Waals surface area contributed by atoms with Gasteiger partial charge in [-0.3, -0.25) is 9.78 Å². The third-order valence-corrected chi connectivity index (χ3v) is 6.24. The van der Waals surface area contributed by atoms with Gasteiger partial charge in [-0.05, 0) is 30.4 Å². The summed E-state index contributed by atoms with van der Waals surface area (Å²) in [5.74, 6) is 0.588. The number of para-hydroxylation sites is 1. The van der Waals surface area contributed by atoms with Crippen LogP contribution in [0, 0.1) is 0 Å². The number of rotatable bonds is 5. The highest BCUT2D eigenvalue weighted by Gasteiger charge is 2.56. The van der Waals surface area contributed by atoms with E-state index >= 15 is 0 Å². The van der Waals surface area contributed by atoms with E-state index in [1.807, 2.05) is 13.0 Å². The van der Waals surface area contributed by atoms with E-state index in [1.54, 1.807) is 32.1 Å². The molecule has 1 aliphatic rings. The van der Waals surface area contributed by atoms with Crippen LogP contribution in [-0.2, 0) is 18.4 Å². The van der Waals surface area contributed by atoms with Gasteiger partial charge in [0.2, 0.25) is 5.43 Å². The molecule has 9 heteroatoms. The van der Waals surface area contributed by atoms with Gasteiger partial charge in [-0.15, -0.1) is 6.58 Å². The SMILES string of the molecule is C=CC.CC(C)(CC(O)(Cn1cc(Cl)c(=O)c2cnccc21)C(F)(F)F)c1cccc2c1OCC2. The van der Waals surface area contributed by atoms with E-state index in [1.165, 1.54) is 18.5 Å². The maximum absolute atomic E-state index is 14.3. The van der Waals surface area contributed by atoms with Crippen molar-refractivity contribution < 1.29 is 23.0 Å². The molecule has 0 amide bonds. The number of nitrogens with zero attached hydrogens (tertiary/aromatic N) is 2. The van der Waals surface area contributed by atoms with E-state index in [-0.39, 0.29) is 15.9 Å². The predicted molar refractivity (Wildman–Crippen MR) is 131 cm³/mol. The monoisotopic (exact) mass is 508 g/mol. The molecule has 1 aromatic carbocycles. The number of aromatic nitrogens is 2. The van der Waals surface area contributed by atoms with Gasteiger partial charge >= 0.3 is 6.18 Å². The standard InChI is InChI=1S/C23H22ClF3N2O3.C3H6/c1-21(2,16-5-3-4-14-7-9-32-20(14)16)12-22(31,23(25,26)27)13-29-11-17(24)19(30)15-10-28-8-6-18(15)29;1-3-2/h3-6,8,10-11,31H,7,9,12-13H2,1-2H3;3H,1H2,2H3. The first-order valence-electron chi connectivity index (χ1n) is 11.1. The van der Waals surface area contributed by atoms with Crippen molar-refractivity contribution in [1.82, 2.24) is 9.55 Å². The van der Waals surface area contributed by atoms with Crippen molar-refractivity contribution in [3.63, 3.8) is 0 Å². The molecular weight excluding hydrogens is 481 g/mol. The van der Waals surface area contributed by atoms with Crippen molar-refractivity contribution >= 4 is 22.5 Å². The summed E-state index contributed by atoms with van der Waals surface area (Å²) in [5.41, 5.74) is -2.94. The molecule has 0 radical (unpaired) electrons. The largest absolute Gasteiger partial charge is 0.493 e. The number of fused-ring (bicyclic) bond motifs is 2. The van der Waals surface area contributed by atoms with Crippen molar-refractivity contribution in [2.45, 2.75) is 57.3 Å². The van der Waals surface area contributed by atoms with E-state index in [0.29, 0.717) is 24.3 Å². The Morgan fingerprint density at radius 3 is 2.63 bits per heavy atom. The highest BCUT2D eigenvalue weighted by molar-refractivity contribution is 6.31. The molecule has 3 heterocycles. The zero-order valence-corrected chi connectivity index (χ0v) is 20.6. The number of pyridine rings is 2. The summed E-state index contributed by atoms with van der Waals surface area (Å²) in [5, 5.41) is 10.9. The number of benzene rings is 1. The first kappa shape index (κ1) is 26.8. The highest BCUT2D eigenvalue weighted by Crippen LogP contribution is 2.46. The Labute approximate surface area is 206 Å². The van der Waals surface area contributed by atoms with Gasteiger partial charge < -0.3 is 14.4 Å². The Hall–Kier alpha value is -2.84. The van der Waals surface area contributed by atoms with Crippen LogP contribution in [0.15, 0.2) is 60.3 Å². The summed E-state index contributed by atoms with van der Waals surface area (Å²) in [4.78, 5) is 16.1. The number of aliphatic hydroxyl groups is 1. The second kappa shape index (κ2) is 10.0. The van der Waals surface area contributed by atoms with Gasteiger partial charge in [0.05, 0.1) is 24.1 Å². The Balaban J connectivity index is 0.00000108. The third-order valence-electron chi connectivity index (χ3n) is 5.98. The van der Waals surface area contributed by atoms with E-state index < -0.39 is 35.6 Å². The van der Waals surface area contributed by atoms with Crippen LogP contribution in [0.4, 0.5) is 13.2 Å². The quantitative estimate of drug-likeness (QED) is 0.440. The fraction of sp³-hybridized carbons (Fsp3) is 0.385. The van der Waals surface area contributed by atoms with Gasteiger partial charge in [0.25, 0.3) is 0 Å². The molecule has 3 aromatic rings. The topological polar surface area (TPSA) is 64.4 Å². The minimum absolute atomic E-state index is 0.0815. The number of hydrogen-bond acceptors (Lipinski definition) is 4. The number of allylic oxidation sites excluding steroid dienone is 1. The molecule has 0 aliphatic carbocycles. The molecule has 0 spiro atoms. The Kier molecular flexibility index (Phi) is 7.67. The molecule has 35 heavy (non-hydrogen) atoms. The molecule has 4 rings (SSSR count). The van der Waals surface area contributed by atoms with Crippen LogP contribution in [0.5, 0.6) is 5.75 Å². The maximum Gasteiger partial charge on any atom is 0.418 e. The van der Waals surface area contributed by atoms with E-state index in [0.717, 1.165) is 16.3 Å². The molecule has 2 aromatic heterocycles. The molecule has 1 N–H and O–H groups in total. The smallest absolute Gasteiger partial charge is 0.418 e. The van der Waals surface area contributed by atoms with Crippen LogP contribution in [0.3, 0.4) is 0 Å². The number of alkyl halides is 3. The fourth-order valence-corrected chi connectivity index (χ4v) is 4.66. The molecule has 1 unspecified atom stereocenters. The number of ether oxygens (including phenoxy) is 1. The summed E-state index contributed by atoms with van der Waals surface area (Å²) in [7, 11) is 0. The van der Waals surface area contributed by atoms with Crippen LogP contribution >= 0.6 is 11.6 Å². The Morgan fingerprint density at radius 1 is 1.29 bits per heavy atom. The Morgan fingerprint density at radius 2 is 1.97 bits per heavy atom. The van der Waals surface area contributed by atoms with Crippen molar-refractivity contribution in [2.24, 2.45) is 0 Å². The first-order valence-corrected chi connectivity index (χ1v) is 11.5. The van der Waals surface area contributed by atoms with Crippen molar-refractivity contribution in [1.29, 1.82) is 0 Å². The number of hydrogen-bond donors (Lipinski definition) is 1. The normalized spacial score (nSPS) is 15.0. The van der Waals surface area contributed by atoms with Crippen LogP contribution < -0.4 is 10.2 Å². The van der Waals surface area contributed by atoms with Crippen LogP contribution in [-0.4, -0.2) is 33.0 Å². The lowest BCUT2D eigenvalue weighted by Gasteiger charge is -2.39. The van der Waals surface area contributed by atoms with Crippen LogP contribution in [0.1, 0.15) is 38.3 Å². The predicted octanol–water partition coefficient (Wildman–Crippen LogP) is 5.84. The van der Waals surface area contributed by atoms with Crippen molar-refractivity contribution in [2.75, 3.05) is 6.61 Å². The summed E-state index contributed by atoms with van der Waals surface area (Å²) in [6.07, 6.45) is 0.615. The molecular formula is C26H28ClF3N2O3. The zero-order chi connectivity index (χ0) is 26.0. The summed E-state index contributed by atoms with van der Waals surface area (Å²) in [6.45, 7) is 8.20. The summed E-state index contributed by atoms with van der Waals surface area (Å²) < 4.78 is 49.7. The minimum atomic E-state index is -4.95. The van der Waals surface area contributed by atoms with Crippen molar-refractivity contribution in [3.8, 4) is 5.75 Å². The Bertz CT molecular complexity index is 1290. The third kappa shape index (κ3) is 5.38. The van der Waals surface area contributed by atoms with Gasteiger partial charge in [-0.2, -0.15) is 13.2 Å².